The number of methoxy groups -OCH3 is 7. The first-order valence-corrected chi connectivity index (χ1v) is 23.7. The van der Waals surface area contributed by atoms with Crippen LogP contribution in [0.2, 0.25) is 0 Å². The predicted octanol–water partition coefficient (Wildman–Crippen LogP) is 7.44. The maximum absolute atomic E-state index is 13.7. The van der Waals surface area contributed by atoms with Gasteiger partial charge in [0.1, 0.15) is 24.1 Å². The van der Waals surface area contributed by atoms with Crippen LogP contribution in [0.5, 0.6) is 0 Å². The number of esters is 2. The molecule has 0 spiro atoms. The van der Waals surface area contributed by atoms with Gasteiger partial charge in [0.2, 0.25) is 0 Å². The Hall–Kier alpha value is -3.54. The van der Waals surface area contributed by atoms with Crippen molar-refractivity contribution in [2.24, 2.45) is 35.5 Å². The third-order valence-corrected chi connectivity index (χ3v) is 13.8. The number of hydrogen-bond acceptors (Lipinski definition) is 14. The topological polar surface area (TPSA) is 192 Å². The molecule has 0 radical (unpaired) electrons. The van der Waals surface area contributed by atoms with Crippen LogP contribution in [0.4, 0.5) is 0 Å². The van der Waals surface area contributed by atoms with Gasteiger partial charge in [0.05, 0.1) is 42.7 Å². The highest BCUT2D eigenvalue weighted by molar-refractivity contribution is 5.84. The molecule has 0 fully saturated rings. The molecule has 2 aliphatic rings. The van der Waals surface area contributed by atoms with Crippen LogP contribution in [0.3, 0.4) is 0 Å². The van der Waals surface area contributed by atoms with Gasteiger partial charge >= 0.3 is 17.9 Å². The maximum atomic E-state index is 13.7. The average molecular weight is 949 g/mol. The Kier molecular flexibility index (Phi) is 27.4. The highest BCUT2D eigenvalue weighted by atomic mass is 16.6. The Balaban J connectivity index is 2.54. The number of allylic oxidation sites excluding steroid dienone is 2. The summed E-state index contributed by atoms with van der Waals surface area (Å²) in [5, 5.41) is 20.8. The van der Waals surface area contributed by atoms with Crippen molar-refractivity contribution in [1.82, 2.24) is 0 Å². The quantitative estimate of drug-likeness (QED) is 0.102. The minimum absolute atomic E-state index is 0.0231. The first-order valence-electron chi connectivity index (χ1n) is 23.7. The van der Waals surface area contributed by atoms with Crippen LogP contribution in [0.15, 0.2) is 59.8 Å². The van der Waals surface area contributed by atoms with E-state index in [9.17, 15) is 24.3 Å². The molecule has 67 heavy (non-hydrogen) atoms. The number of hydrogen-bond donors (Lipinski definition) is 2. The zero-order valence-corrected chi connectivity index (χ0v) is 42.7. The molecular formula is C52H84O15. The van der Waals surface area contributed by atoms with E-state index >= 15 is 0 Å². The number of aliphatic hydroxyl groups is 1. The second-order valence-electron chi connectivity index (χ2n) is 18.6. The molecule has 0 saturated carbocycles. The smallest absolute Gasteiger partial charge is 0.331 e. The molecule has 15 nitrogen and oxygen atoms in total. The maximum Gasteiger partial charge on any atom is 0.331 e. The van der Waals surface area contributed by atoms with Crippen LogP contribution in [-0.4, -0.2) is 145 Å². The summed E-state index contributed by atoms with van der Waals surface area (Å²) in [6.45, 7) is 13.6. The molecule has 382 valence electrons. The number of carbonyl (C=O) groups excluding carboxylic acids is 3. The van der Waals surface area contributed by atoms with Crippen LogP contribution in [0.25, 0.3) is 0 Å². The molecule has 0 saturated heterocycles. The zero-order chi connectivity index (χ0) is 50.4. The van der Waals surface area contributed by atoms with Gasteiger partial charge in [-0.2, -0.15) is 0 Å². The Morgan fingerprint density at radius 2 is 1.36 bits per heavy atom. The van der Waals surface area contributed by atoms with Crippen molar-refractivity contribution in [3.63, 3.8) is 0 Å². The minimum atomic E-state index is -1.09. The third-order valence-electron chi connectivity index (χ3n) is 13.8. The van der Waals surface area contributed by atoms with E-state index in [0.29, 0.717) is 31.3 Å². The van der Waals surface area contributed by atoms with Crippen molar-refractivity contribution < 1.29 is 72.0 Å². The van der Waals surface area contributed by atoms with E-state index in [-0.39, 0.29) is 73.5 Å². The van der Waals surface area contributed by atoms with E-state index in [0.717, 1.165) is 5.57 Å². The SMILES string of the molecule is COC1/C=C/C(C)C(C(C)C(OC)C(C)CCC(=O)C(C)C(CCC(=O)O)OC)OC(=O)/C=C/C=C(\C)CC(OC)CC2=CC(=O)O[C@@H](C(C)C(OC)CC(OC)/C=C/C(C)C(OC)C1)[C@H]2O. The zero-order valence-electron chi connectivity index (χ0n) is 42.7. The van der Waals surface area contributed by atoms with E-state index < -0.39 is 72.5 Å². The summed E-state index contributed by atoms with van der Waals surface area (Å²) in [5.41, 5.74) is 1.39. The average Bonchev–Trinajstić information content (AvgIpc) is 3.30. The number of aliphatic hydroxyl groups excluding tert-OH is 1. The largest absolute Gasteiger partial charge is 0.481 e. The van der Waals surface area contributed by atoms with Gasteiger partial charge in [-0.25, -0.2) is 9.59 Å². The Labute approximate surface area is 400 Å². The Bertz CT molecular complexity index is 1670. The molecule has 2 aliphatic heterocycles. The van der Waals surface area contributed by atoms with Gasteiger partial charge in [-0.05, 0) is 44.1 Å². The lowest BCUT2D eigenvalue weighted by Gasteiger charge is -2.37. The number of fused-ring (bicyclic) bond motifs is 2. The molecule has 2 heterocycles. The Morgan fingerprint density at radius 3 is 1.91 bits per heavy atom. The molecule has 0 aromatic rings. The van der Waals surface area contributed by atoms with E-state index in [2.05, 4.69) is 6.92 Å². The molecule has 15 heteroatoms. The number of rotatable bonds is 18. The molecule has 2 rings (SSSR count). The summed E-state index contributed by atoms with van der Waals surface area (Å²) in [7, 11) is 11.2. The second kappa shape index (κ2) is 30.8. The standard InChI is InChI=1S/C52H84O15/c1-31-16-15-17-47(56)66-51(37(7)50(65-14)33(3)20-23-42(53)35(5)43(62-11)24-25-46(54)55)34(4)19-22-39(59-8)29-44(63-12)32(2)18-21-40(60-9)30-45(64-13)36(6)52-49(58)38(28-48(57)67-52)27-41(26-31)61-10/h15-19,21-22,28,32-37,39-41,43-45,49-52,58H,20,23-27,29-30H2,1-14H3,(H,54,55)/b17-15+,21-18+,22-19+,31-16+/t32?,33?,34?,35?,36?,37?,39?,40?,41?,43?,44?,45?,49-,50?,51?,52-/m0/s1. The molecule has 0 aliphatic carbocycles. The summed E-state index contributed by atoms with van der Waals surface area (Å²) >= 11 is 0. The van der Waals surface area contributed by atoms with Crippen LogP contribution in [-0.2, 0) is 61.8 Å². The van der Waals surface area contributed by atoms with E-state index in [4.69, 9.17) is 47.7 Å². The monoisotopic (exact) mass is 949 g/mol. The summed E-state index contributed by atoms with van der Waals surface area (Å²) in [4.78, 5) is 51.1. The number of carboxylic acids is 1. The first-order chi connectivity index (χ1) is 31.8. The van der Waals surface area contributed by atoms with E-state index in [1.807, 2.05) is 58.9 Å². The number of carboxylic acid groups (broad SMARTS) is 1. The fraction of sp³-hybridized carbons (Fsp3) is 0.731. The normalized spacial score (nSPS) is 33.3. The number of ketones is 1. The van der Waals surface area contributed by atoms with Crippen molar-refractivity contribution in [2.45, 2.75) is 161 Å². The van der Waals surface area contributed by atoms with Crippen molar-refractivity contribution in [1.29, 1.82) is 0 Å². The van der Waals surface area contributed by atoms with E-state index in [1.54, 1.807) is 61.7 Å². The molecule has 14 unspecified atom stereocenters. The fourth-order valence-corrected chi connectivity index (χ4v) is 9.36. The fourth-order valence-electron chi connectivity index (χ4n) is 9.36. The highest BCUT2D eigenvalue weighted by Crippen LogP contribution is 2.33. The lowest BCUT2D eigenvalue weighted by atomic mass is 9.81. The summed E-state index contributed by atoms with van der Waals surface area (Å²) in [5.74, 6) is -3.75. The summed E-state index contributed by atoms with van der Waals surface area (Å²) < 4.78 is 53.1. The molecule has 0 aromatic heterocycles. The van der Waals surface area contributed by atoms with Gasteiger partial charge in [-0.1, -0.05) is 83.6 Å². The number of cyclic esters (lactones) is 1. The number of carbonyl (C=O) groups is 4. The van der Waals surface area contributed by atoms with Crippen LogP contribution in [0.1, 0.15) is 99.8 Å². The van der Waals surface area contributed by atoms with E-state index in [1.165, 1.54) is 19.3 Å². The number of aliphatic carboxylic acids is 1. The van der Waals surface area contributed by atoms with Crippen molar-refractivity contribution in [2.75, 3.05) is 49.8 Å². The molecule has 2 bridgehead atoms. The van der Waals surface area contributed by atoms with Crippen LogP contribution >= 0.6 is 0 Å². The van der Waals surface area contributed by atoms with Crippen LogP contribution in [0, 0.1) is 35.5 Å². The molecule has 0 amide bonds. The van der Waals surface area contributed by atoms with Crippen LogP contribution < -0.4 is 0 Å². The van der Waals surface area contributed by atoms with Gasteiger partial charge in [-0.3, -0.25) is 9.59 Å². The molecular weight excluding hydrogens is 865 g/mol. The van der Waals surface area contributed by atoms with Gasteiger partial charge in [-0.15, -0.1) is 0 Å². The van der Waals surface area contributed by atoms with Crippen molar-refractivity contribution in [3.8, 4) is 0 Å². The van der Waals surface area contributed by atoms with Gasteiger partial charge in [0, 0.05) is 117 Å². The molecule has 0 aromatic carbocycles. The number of ether oxygens (including phenoxy) is 9. The van der Waals surface area contributed by atoms with Gasteiger partial charge < -0.3 is 52.8 Å². The Morgan fingerprint density at radius 1 is 0.746 bits per heavy atom. The summed E-state index contributed by atoms with van der Waals surface area (Å²) in [6, 6.07) is 0. The second-order valence-corrected chi connectivity index (χ2v) is 18.6. The van der Waals surface area contributed by atoms with Crippen molar-refractivity contribution in [3.05, 3.63) is 59.8 Å². The summed E-state index contributed by atoms with van der Waals surface area (Å²) in [6.07, 6.45) is 11.4. The first kappa shape index (κ1) is 59.6. The third kappa shape index (κ3) is 19.4. The number of Topliss-reactive ketones (excluding diaryl/α,β-unsaturated/α-hetero) is 1. The molecule has 2 N–H and O–H groups in total. The lowest BCUT2D eigenvalue weighted by Crippen LogP contribution is -2.46. The lowest BCUT2D eigenvalue weighted by molar-refractivity contribution is -0.160. The van der Waals surface area contributed by atoms with Crippen molar-refractivity contribution >= 4 is 23.7 Å². The van der Waals surface area contributed by atoms with Gasteiger partial charge in [0.25, 0.3) is 0 Å². The predicted molar refractivity (Wildman–Crippen MR) is 255 cm³/mol. The minimum Gasteiger partial charge on any atom is -0.481 e. The highest BCUT2D eigenvalue weighted by Gasteiger charge is 2.40. The van der Waals surface area contributed by atoms with Gasteiger partial charge in [0.15, 0.2) is 0 Å². The molecule has 16 atom stereocenters.